The van der Waals surface area contributed by atoms with Gasteiger partial charge in [-0.2, -0.15) is 0 Å². The molecule has 6 heteroatoms. The predicted molar refractivity (Wildman–Crippen MR) is 94.8 cm³/mol. The van der Waals surface area contributed by atoms with Gasteiger partial charge in [0.15, 0.2) is 5.96 Å². The molecule has 22 heavy (non-hydrogen) atoms. The lowest BCUT2D eigenvalue weighted by atomic mass is 9.78. The summed E-state index contributed by atoms with van der Waals surface area (Å²) >= 11 is 0. The molecule has 0 aromatic heterocycles. The Morgan fingerprint density at radius 3 is 2.59 bits per heavy atom. The summed E-state index contributed by atoms with van der Waals surface area (Å²) in [6, 6.07) is 3.95. The summed E-state index contributed by atoms with van der Waals surface area (Å²) < 4.78 is 27.4. The lowest BCUT2D eigenvalue weighted by molar-refractivity contribution is 0.406. The highest BCUT2D eigenvalue weighted by atomic mass is 127. The molecule has 0 amide bonds. The molecule has 0 saturated heterocycles. The van der Waals surface area contributed by atoms with Gasteiger partial charge in [-0.25, -0.2) is 8.78 Å². The first-order valence-corrected chi connectivity index (χ1v) is 7.67. The second-order valence-electron chi connectivity index (χ2n) is 5.98. The van der Waals surface area contributed by atoms with E-state index in [0.717, 1.165) is 57.2 Å². The average molecular weight is 421 g/mol. The van der Waals surface area contributed by atoms with Crippen molar-refractivity contribution < 1.29 is 8.78 Å². The molecule has 2 aliphatic rings. The fourth-order valence-electron chi connectivity index (χ4n) is 3.42. The van der Waals surface area contributed by atoms with Crippen LogP contribution in [0, 0.1) is 11.6 Å². The van der Waals surface area contributed by atoms with Crippen LogP contribution in [0.3, 0.4) is 0 Å². The van der Waals surface area contributed by atoms with E-state index in [0.29, 0.717) is 12.1 Å². The van der Waals surface area contributed by atoms with Gasteiger partial charge in [-0.05, 0) is 30.9 Å². The molecule has 0 radical (unpaired) electrons. The third-order valence-corrected chi connectivity index (χ3v) is 4.55. The molecule has 0 unspecified atom stereocenters. The molecular formula is C16H22F2IN3. The van der Waals surface area contributed by atoms with Crippen molar-refractivity contribution in [2.75, 3.05) is 19.6 Å². The molecular weight excluding hydrogens is 399 g/mol. The van der Waals surface area contributed by atoms with Crippen molar-refractivity contribution in [2.24, 2.45) is 4.99 Å². The first kappa shape index (κ1) is 17.4. The molecule has 122 valence electrons. The predicted octanol–water partition coefficient (Wildman–Crippen LogP) is 3.33. The van der Waals surface area contributed by atoms with Crippen molar-refractivity contribution in [3.05, 3.63) is 35.4 Å². The minimum absolute atomic E-state index is 0. The maximum absolute atomic E-state index is 14.2. The molecule has 3 rings (SSSR count). The van der Waals surface area contributed by atoms with Crippen molar-refractivity contribution in [3.63, 3.8) is 0 Å². The van der Waals surface area contributed by atoms with Crippen LogP contribution in [0.2, 0.25) is 0 Å². The Morgan fingerprint density at radius 2 is 1.95 bits per heavy atom. The fourth-order valence-corrected chi connectivity index (χ4v) is 3.42. The van der Waals surface area contributed by atoms with E-state index in [2.05, 4.69) is 15.6 Å². The molecule has 1 saturated carbocycles. The van der Waals surface area contributed by atoms with Crippen LogP contribution in [0.15, 0.2) is 23.2 Å². The lowest BCUT2D eigenvalue weighted by Crippen LogP contribution is -2.46. The summed E-state index contributed by atoms with van der Waals surface area (Å²) in [5.41, 5.74) is 0.379. The Bertz CT molecular complexity index is 542. The zero-order chi connectivity index (χ0) is 14.7. The van der Waals surface area contributed by atoms with E-state index in [1.54, 1.807) is 6.07 Å². The minimum Gasteiger partial charge on any atom is -0.356 e. The van der Waals surface area contributed by atoms with E-state index in [1.165, 1.54) is 6.07 Å². The smallest absolute Gasteiger partial charge is 0.191 e. The molecule has 1 aliphatic carbocycles. The number of hydrogen-bond acceptors (Lipinski definition) is 3. The molecule has 1 heterocycles. The molecule has 1 aromatic rings. The monoisotopic (exact) mass is 421 g/mol. The van der Waals surface area contributed by atoms with E-state index in [4.69, 9.17) is 0 Å². The fraction of sp³-hybridized carbons (Fsp3) is 0.562. The third-order valence-electron chi connectivity index (χ3n) is 4.55. The molecule has 0 spiro atoms. The van der Waals surface area contributed by atoms with Crippen LogP contribution in [0.25, 0.3) is 0 Å². The standard InChI is InChI=1S/C16H21F2N3.HI/c17-12-4-5-13(14(18)10-12)16(6-1-2-7-16)11-21-15-19-8-3-9-20-15;/h4-5,10H,1-3,6-9,11H2,(H2,19,20,21);1H. The Labute approximate surface area is 147 Å². The quantitative estimate of drug-likeness (QED) is 0.735. The van der Waals surface area contributed by atoms with Gasteiger partial charge in [-0.1, -0.05) is 18.9 Å². The van der Waals surface area contributed by atoms with Crippen LogP contribution >= 0.6 is 24.0 Å². The number of nitrogens with zero attached hydrogens (tertiary/aromatic N) is 1. The Morgan fingerprint density at radius 1 is 1.18 bits per heavy atom. The second kappa shape index (κ2) is 7.57. The van der Waals surface area contributed by atoms with E-state index >= 15 is 0 Å². The maximum Gasteiger partial charge on any atom is 0.191 e. The van der Waals surface area contributed by atoms with E-state index in [1.807, 2.05) is 0 Å². The van der Waals surface area contributed by atoms with Gasteiger partial charge in [0.25, 0.3) is 0 Å². The van der Waals surface area contributed by atoms with Crippen LogP contribution in [-0.4, -0.2) is 25.6 Å². The van der Waals surface area contributed by atoms with Crippen molar-refractivity contribution in [2.45, 2.75) is 37.5 Å². The number of hydrogen-bond donors (Lipinski definition) is 2. The highest BCUT2D eigenvalue weighted by Crippen LogP contribution is 2.41. The molecule has 3 nitrogen and oxygen atoms in total. The van der Waals surface area contributed by atoms with Crippen molar-refractivity contribution in [3.8, 4) is 0 Å². The van der Waals surface area contributed by atoms with Gasteiger partial charge in [0.1, 0.15) is 11.6 Å². The summed E-state index contributed by atoms with van der Waals surface area (Å²) in [6.45, 7) is 2.39. The molecule has 1 aliphatic heterocycles. The molecule has 1 aromatic carbocycles. The normalized spacial score (nSPS) is 19.8. The third kappa shape index (κ3) is 3.70. The SMILES string of the molecule is Fc1ccc(C2(CNC3=NCCCN3)CCCC2)c(F)c1.I. The summed E-state index contributed by atoms with van der Waals surface area (Å²) in [4.78, 5) is 4.39. The number of benzene rings is 1. The van der Waals surface area contributed by atoms with Gasteiger partial charge in [0.2, 0.25) is 0 Å². The molecule has 0 bridgehead atoms. The molecule has 0 atom stereocenters. The Hall–Kier alpha value is -0.920. The number of aliphatic imine (C=N–C) groups is 1. The van der Waals surface area contributed by atoms with Crippen LogP contribution in [0.4, 0.5) is 8.78 Å². The topological polar surface area (TPSA) is 36.4 Å². The van der Waals surface area contributed by atoms with E-state index in [9.17, 15) is 8.78 Å². The summed E-state index contributed by atoms with van der Waals surface area (Å²) in [7, 11) is 0. The lowest BCUT2D eigenvalue weighted by Gasteiger charge is -2.31. The highest BCUT2D eigenvalue weighted by molar-refractivity contribution is 14.0. The molecule has 1 fully saturated rings. The summed E-state index contributed by atoms with van der Waals surface area (Å²) in [5.74, 6) is -0.150. The van der Waals surface area contributed by atoms with Crippen molar-refractivity contribution in [1.29, 1.82) is 0 Å². The molecule has 2 N–H and O–H groups in total. The Kier molecular flexibility index (Phi) is 6.00. The summed E-state index contributed by atoms with van der Waals surface area (Å²) in [5, 5.41) is 6.54. The number of nitrogens with one attached hydrogen (secondary N) is 2. The van der Waals surface area contributed by atoms with Crippen molar-refractivity contribution in [1.82, 2.24) is 10.6 Å². The van der Waals surface area contributed by atoms with Crippen LogP contribution < -0.4 is 10.6 Å². The highest BCUT2D eigenvalue weighted by Gasteiger charge is 2.37. The zero-order valence-corrected chi connectivity index (χ0v) is 14.8. The van der Waals surface area contributed by atoms with Gasteiger partial charge in [0.05, 0.1) is 0 Å². The Balaban J connectivity index is 0.00000176. The number of rotatable bonds is 3. The minimum atomic E-state index is -0.518. The first-order chi connectivity index (χ1) is 10.2. The average Bonchev–Trinajstić information content (AvgIpc) is 2.96. The number of guanidine groups is 1. The van der Waals surface area contributed by atoms with Gasteiger partial charge < -0.3 is 10.6 Å². The second-order valence-corrected chi connectivity index (χ2v) is 5.98. The van der Waals surface area contributed by atoms with Crippen LogP contribution in [0.5, 0.6) is 0 Å². The van der Waals surface area contributed by atoms with Gasteiger partial charge in [-0.15, -0.1) is 24.0 Å². The van der Waals surface area contributed by atoms with Gasteiger partial charge in [-0.3, -0.25) is 4.99 Å². The maximum atomic E-state index is 14.2. The van der Waals surface area contributed by atoms with Crippen LogP contribution in [0.1, 0.15) is 37.7 Å². The van der Waals surface area contributed by atoms with Crippen LogP contribution in [-0.2, 0) is 5.41 Å². The van der Waals surface area contributed by atoms with Gasteiger partial charge >= 0.3 is 0 Å². The van der Waals surface area contributed by atoms with E-state index in [-0.39, 0.29) is 29.4 Å². The van der Waals surface area contributed by atoms with Gasteiger partial charge in [0, 0.05) is 31.1 Å². The first-order valence-electron chi connectivity index (χ1n) is 7.67. The van der Waals surface area contributed by atoms with E-state index < -0.39 is 11.6 Å². The zero-order valence-electron chi connectivity index (χ0n) is 12.5. The summed E-state index contributed by atoms with van der Waals surface area (Å²) in [6.07, 6.45) is 5.06. The van der Waals surface area contributed by atoms with Crippen molar-refractivity contribution >= 4 is 29.9 Å². The number of halogens is 3. The largest absolute Gasteiger partial charge is 0.356 e.